The number of carbonyl (C=O) groups is 1. The molecule has 108 valence electrons. The molecule has 0 aliphatic carbocycles. The quantitative estimate of drug-likeness (QED) is 0.811. The van der Waals surface area contributed by atoms with E-state index in [0.717, 1.165) is 38.6 Å². The van der Waals surface area contributed by atoms with Crippen molar-refractivity contribution in [2.45, 2.75) is 44.6 Å². The van der Waals surface area contributed by atoms with E-state index in [1.165, 1.54) is 38.5 Å². The van der Waals surface area contributed by atoms with Crippen LogP contribution in [-0.4, -0.2) is 61.0 Å². The van der Waals surface area contributed by atoms with Gasteiger partial charge in [-0.3, -0.25) is 9.69 Å². The van der Waals surface area contributed by atoms with Gasteiger partial charge in [-0.15, -0.1) is 0 Å². The second-order valence-corrected chi connectivity index (χ2v) is 6.39. The largest absolute Gasteiger partial charge is 0.342 e. The molecule has 1 N–H and O–H groups in total. The Morgan fingerprint density at radius 1 is 1.00 bits per heavy atom. The molecule has 2 unspecified atom stereocenters. The van der Waals surface area contributed by atoms with Crippen LogP contribution >= 0.6 is 0 Å². The molecule has 3 fully saturated rings. The van der Waals surface area contributed by atoms with E-state index in [-0.39, 0.29) is 0 Å². The van der Waals surface area contributed by atoms with Crippen molar-refractivity contribution in [1.29, 1.82) is 0 Å². The number of rotatable bonds is 2. The Morgan fingerprint density at radius 3 is 2.58 bits per heavy atom. The van der Waals surface area contributed by atoms with E-state index in [1.54, 1.807) is 0 Å². The van der Waals surface area contributed by atoms with Crippen LogP contribution in [0.3, 0.4) is 0 Å². The molecule has 3 rings (SSSR count). The number of hydrogen-bond donors (Lipinski definition) is 1. The highest BCUT2D eigenvalue weighted by Crippen LogP contribution is 2.26. The summed E-state index contributed by atoms with van der Waals surface area (Å²) in [6.07, 6.45) is 7.57. The fraction of sp³-hybridized carbons (Fsp3) is 0.933. The summed E-state index contributed by atoms with van der Waals surface area (Å²) in [5.41, 5.74) is 0. The van der Waals surface area contributed by atoms with Crippen LogP contribution in [0, 0.1) is 5.92 Å². The summed E-state index contributed by atoms with van der Waals surface area (Å²) in [6, 6.07) is 0.615. The first-order valence-corrected chi connectivity index (χ1v) is 8.07. The van der Waals surface area contributed by atoms with Gasteiger partial charge in [-0.05, 0) is 44.7 Å². The molecule has 2 atom stereocenters. The van der Waals surface area contributed by atoms with Gasteiger partial charge in [0, 0.05) is 25.7 Å². The highest BCUT2D eigenvalue weighted by molar-refractivity contribution is 5.78. The van der Waals surface area contributed by atoms with Crippen LogP contribution in [0.5, 0.6) is 0 Å². The second kappa shape index (κ2) is 6.23. The predicted octanol–water partition coefficient (Wildman–Crippen LogP) is 1.07. The first kappa shape index (κ1) is 13.4. The van der Waals surface area contributed by atoms with Gasteiger partial charge in [-0.25, -0.2) is 0 Å². The molecule has 1 amide bonds. The Morgan fingerprint density at radius 2 is 1.79 bits per heavy atom. The smallest absolute Gasteiger partial charge is 0.236 e. The van der Waals surface area contributed by atoms with Crippen molar-refractivity contribution in [3.63, 3.8) is 0 Å². The molecular formula is C15H27N3O. The minimum Gasteiger partial charge on any atom is -0.342 e. The Hall–Kier alpha value is -0.610. The van der Waals surface area contributed by atoms with E-state index in [4.69, 9.17) is 0 Å². The third kappa shape index (κ3) is 3.11. The molecule has 0 spiro atoms. The molecule has 0 aromatic carbocycles. The maximum atomic E-state index is 12.5. The van der Waals surface area contributed by atoms with E-state index in [1.807, 2.05) is 0 Å². The van der Waals surface area contributed by atoms with E-state index in [0.29, 0.717) is 18.5 Å². The fourth-order valence-electron chi connectivity index (χ4n) is 3.95. The third-order valence-electron chi connectivity index (χ3n) is 5.09. The molecule has 4 heteroatoms. The molecule has 3 aliphatic heterocycles. The average molecular weight is 265 g/mol. The van der Waals surface area contributed by atoms with Gasteiger partial charge in [0.05, 0.1) is 6.54 Å². The standard InChI is InChI=1S/C15H27N3O/c19-15(17-7-3-1-2-4-8-17)12-18-9-5-6-13-10-16-11-14(13)18/h13-14,16H,1-12H2. The Kier molecular flexibility index (Phi) is 4.38. The summed E-state index contributed by atoms with van der Waals surface area (Å²) in [5.74, 6) is 1.15. The van der Waals surface area contributed by atoms with Gasteiger partial charge in [-0.1, -0.05) is 12.8 Å². The molecule has 3 aliphatic rings. The lowest BCUT2D eigenvalue weighted by Gasteiger charge is -2.37. The minimum absolute atomic E-state index is 0.370. The number of fused-ring (bicyclic) bond motifs is 1. The molecule has 3 saturated heterocycles. The fourth-order valence-corrected chi connectivity index (χ4v) is 3.95. The van der Waals surface area contributed by atoms with Gasteiger partial charge in [-0.2, -0.15) is 0 Å². The predicted molar refractivity (Wildman–Crippen MR) is 76.0 cm³/mol. The summed E-state index contributed by atoms with van der Waals surface area (Å²) < 4.78 is 0. The summed E-state index contributed by atoms with van der Waals surface area (Å²) in [7, 11) is 0. The molecule has 4 nitrogen and oxygen atoms in total. The lowest BCUT2D eigenvalue weighted by molar-refractivity contribution is -0.133. The van der Waals surface area contributed by atoms with Crippen molar-refractivity contribution in [3.8, 4) is 0 Å². The van der Waals surface area contributed by atoms with Crippen LogP contribution in [-0.2, 0) is 4.79 Å². The van der Waals surface area contributed by atoms with Gasteiger partial charge in [0.2, 0.25) is 5.91 Å². The lowest BCUT2D eigenvalue weighted by Crippen LogP contribution is -2.50. The Labute approximate surface area is 116 Å². The zero-order valence-corrected chi connectivity index (χ0v) is 11.9. The molecule has 0 radical (unpaired) electrons. The second-order valence-electron chi connectivity index (χ2n) is 6.39. The number of carbonyl (C=O) groups excluding carboxylic acids is 1. The number of nitrogens with one attached hydrogen (secondary N) is 1. The molecule has 0 saturated carbocycles. The maximum absolute atomic E-state index is 12.5. The van der Waals surface area contributed by atoms with Crippen LogP contribution in [0.1, 0.15) is 38.5 Å². The lowest BCUT2D eigenvalue weighted by atomic mass is 9.92. The summed E-state index contributed by atoms with van der Waals surface area (Å²) >= 11 is 0. The molecule has 0 aromatic rings. The molecule has 0 bridgehead atoms. The van der Waals surface area contributed by atoms with Gasteiger partial charge >= 0.3 is 0 Å². The minimum atomic E-state index is 0.370. The number of amides is 1. The molecular weight excluding hydrogens is 238 g/mol. The van der Waals surface area contributed by atoms with E-state index in [9.17, 15) is 4.79 Å². The summed E-state index contributed by atoms with van der Waals surface area (Å²) in [5, 5.41) is 3.49. The van der Waals surface area contributed by atoms with E-state index >= 15 is 0 Å². The molecule has 3 heterocycles. The Balaban J connectivity index is 1.55. The van der Waals surface area contributed by atoms with Crippen molar-refractivity contribution in [2.24, 2.45) is 5.92 Å². The van der Waals surface area contributed by atoms with Crippen LogP contribution in [0.2, 0.25) is 0 Å². The van der Waals surface area contributed by atoms with Gasteiger partial charge in [0.25, 0.3) is 0 Å². The first-order chi connectivity index (χ1) is 9.34. The monoisotopic (exact) mass is 265 g/mol. The van der Waals surface area contributed by atoms with Crippen LogP contribution in [0.15, 0.2) is 0 Å². The molecule has 0 aromatic heterocycles. The van der Waals surface area contributed by atoms with Gasteiger partial charge in [0.1, 0.15) is 0 Å². The topological polar surface area (TPSA) is 35.6 Å². The molecule has 19 heavy (non-hydrogen) atoms. The average Bonchev–Trinajstić information content (AvgIpc) is 2.73. The first-order valence-electron chi connectivity index (χ1n) is 8.07. The van der Waals surface area contributed by atoms with Crippen molar-refractivity contribution < 1.29 is 4.79 Å². The van der Waals surface area contributed by atoms with Crippen molar-refractivity contribution in [3.05, 3.63) is 0 Å². The number of hydrogen-bond acceptors (Lipinski definition) is 3. The summed E-state index contributed by atoms with van der Waals surface area (Å²) in [4.78, 5) is 17.0. The zero-order valence-electron chi connectivity index (χ0n) is 11.9. The SMILES string of the molecule is O=C(CN1CCCC2CNCC21)N1CCCCCC1. The van der Waals surface area contributed by atoms with E-state index in [2.05, 4.69) is 15.1 Å². The van der Waals surface area contributed by atoms with Gasteiger partial charge in [0.15, 0.2) is 0 Å². The van der Waals surface area contributed by atoms with E-state index < -0.39 is 0 Å². The number of likely N-dealkylation sites (tertiary alicyclic amines) is 2. The van der Waals surface area contributed by atoms with Crippen molar-refractivity contribution in [2.75, 3.05) is 39.3 Å². The number of piperidine rings is 1. The highest BCUT2D eigenvalue weighted by atomic mass is 16.2. The maximum Gasteiger partial charge on any atom is 0.236 e. The zero-order chi connectivity index (χ0) is 13.1. The summed E-state index contributed by atoms with van der Waals surface area (Å²) in [6.45, 7) is 5.97. The number of nitrogens with zero attached hydrogens (tertiary/aromatic N) is 2. The van der Waals surface area contributed by atoms with Crippen molar-refractivity contribution in [1.82, 2.24) is 15.1 Å². The van der Waals surface area contributed by atoms with Crippen LogP contribution < -0.4 is 5.32 Å². The van der Waals surface area contributed by atoms with Crippen LogP contribution in [0.4, 0.5) is 0 Å². The third-order valence-corrected chi connectivity index (χ3v) is 5.09. The highest BCUT2D eigenvalue weighted by Gasteiger charge is 2.36. The normalized spacial score (nSPS) is 32.9. The van der Waals surface area contributed by atoms with Crippen LogP contribution in [0.25, 0.3) is 0 Å². The van der Waals surface area contributed by atoms with Crippen molar-refractivity contribution >= 4 is 5.91 Å². The van der Waals surface area contributed by atoms with Gasteiger partial charge < -0.3 is 10.2 Å². The Bertz CT molecular complexity index is 313.